The Hall–Kier alpha value is -0.710. The second-order valence-electron chi connectivity index (χ2n) is 4.33. The second kappa shape index (κ2) is 16.3. The van der Waals surface area contributed by atoms with E-state index in [2.05, 4.69) is 6.92 Å². The van der Waals surface area contributed by atoms with Crippen molar-refractivity contribution in [3.05, 3.63) is 0 Å². The molecule has 118 valence electrons. The monoisotopic (exact) mass is 288 g/mol. The molecule has 6 nitrogen and oxygen atoms in total. The molecule has 0 amide bonds. The Morgan fingerprint density at radius 2 is 1.30 bits per heavy atom. The maximum absolute atomic E-state index is 8.46. The summed E-state index contributed by atoms with van der Waals surface area (Å²) in [5.41, 5.74) is 5.42. The molecule has 0 aromatic rings. The number of nitrogens with zero attached hydrogens (tertiary/aromatic N) is 1. The van der Waals surface area contributed by atoms with Gasteiger partial charge in [0.1, 0.15) is 0 Å². The summed E-state index contributed by atoms with van der Waals surface area (Å²) in [6.45, 7) is 6.84. The smallest absolute Gasteiger partial charge is 0.0950 e. The first-order valence-corrected chi connectivity index (χ1v) is 7.27. The summed E-state index contributed by atoms with van der Waals surface area (Å²) < 4.78 is 21.3. The van der Waals surface area contributed by atoms with Gasteiger partial charge in [0.05, 0.1) is 51.8 Å². The molecule has 1 atom stereocenters. The van der Waals surface area contributed by atoms with Gasteiger partial charge in [-0.2, -0.15) is 5.26 Å². The molecule has 2 N–H and O–H groups in total. The van der Waals surface area contributed by atoms with Crippen molar-refractivity contribution >= 4 is 0 Å². The molecule has 0 aromatic carbocycles. The lowest BCUT2D eigenvalue weighted by Crippen LogP contribution is -2.20. The fourth-order valence-corrected chi connectivity index (χ4v) is 1.28. The molecule has 0 aliphatic heterocycles. The Morgan fingerprint density at radius 1 is 0.850 bits per heavy atom. The van der Waals surface area contributed by atoms with E-state index in [-0.39, 0.29) is 0 Å². The van der Waals surface area contributed by atoms with Gasteiger partial charge >= 0.3 is 0 Å². The van der Waals surface area contributed by atoms with E-state index in [0.717, 1.165) is 19.4 Å². The second-order valence-corrected chi connectivity index (χ2v) is 4.33. The fraction of sp³-hybridized carbons (Fsp3) is 0.929. The highest BCUT2D eigenvalue weighted by Crippen LogP contribution is 1.89. The van der Waals surface area contributed by atoms with Crippen molar-refractivity contribution in [2.75, 3.05) is 52.9 Å². The topological polar surface area (TPSA) is 86.7 Å². The minimum Gasteiger partial charge on any atom is -0.379 e. The maximum atomic E-state index is 8.46. The molecule has 0 saturated carbocycles. The summed E-state index contributed by atoms with van der Waals surface area (Å²) >= 11 is 0. The number of ether oxygens (including phenoxy) is 4. The SMILES string of the molecule is CCCCOCCOCCOCCOCCC(N)C#N. The van der Waals surface area contributed by atoms with Gasteiger partial charge in [0.25, 0.3) is 0 Å². The Labute approximate surface area is 122 Å². The molecular weight excluding hydrogens is 260 g/mol. The number of unbranched alkanes of at least 4 members (excludes halogenated alkanes) is 1. The van der Waals surface area contributed by atoms with E-state index >= 15 is 0 Å². The Bertz CT molecular complexity index is 234. The van der Waals surface area contributed by atoms with E-state index in [1.807, 2.05) is 6.07 Å². The number of hydrogen-bond acceptors (Lipinski definition) is 6. The highest BCUT2D eigenvalue weighted by molar-refractivity contribution is 4.85. The van der Waals surface area contributed by atoms with Crippen LogP contribution in [0.5, 0.6) is 0 Å². The predicted molar refractivity (Wildman–Crippen MR) is 76.4 cm³/mol. The van der Waals surface area contributed by atoms with E-state index in [4.69, 9.17) is 29.9 Å². The van der Waals surface area contributed by atoms with Crippen molar-refractivity contribution in [1.82, 2.24) is 0 Å². The Morgan fingerprint density at radius 3 is 1.75 bits per heavy atom. The first kappa shape index (κ1) is 19.3. The molecule has 20 heavy (non-hydrogen) atoms. The number of rotatable bonds is 15. The highest BCUT2D eigenvalue weighted by Gasteiger charge is 1.98. The fourth-order valence-electron chi connectivity index (χ4n) is 1.28. The van der Waals surface area contributed by atoms with Gasteiger partial charge in [-0.3, -0.25) is 0 Å². The average Bonchev–Trinajstić information content (AvgIpc) is 2.47. The highest BCUT2D eigenvalue weighted by atomic mass is 16.6. The molecule has 0 saturated heterocycles. The van der Waals surface area contributed by atoms with Crippen LogP contribution in [0, 0.1) is 11.3 Å². The number of nitrogens with two attached hydrogens (primary N) is 1. The van der Waals surface area contributed by atoms with E-state index in [1.54, 1.807) is 0 Å². The zero-order valence-electron chi connectivity index (χ0n) is 12.5. The molecule has 0 rings (SSSR count). The van der Waals surface area contributed by atoms with Gasteiger partial charge in [-0.25, -0.2) is 0 Å². The molecule has 0 aliphatic rings. The maximum Gasteiger partial charge on any atom is 0.0950 e. The minimum absolute atomic E-state index is 0.441. The van der Waals surface area contributed by atoms with Crippen molar-refractivity contribution in [3.63, 3.8) is 0 Å². The Kier molecular flexibility index (Phi) is 15.8. The number of nitriles is 1. The van der Waals surface area contributed by atoms with E-state index < -0.39 is 6.04 Å². The van der Waals surface area contributed by atoms with E-state index in [0.29, 0.717) is 52.7 Å². The quantitative estimate of drug-likeness (QED) is 0.454. The summed E-state index contributed by atoms with van der Waals surface area (Å²) in [6, 6.07) is 1.51. The molecule has 0 fully saturated rings. The van der Waals surface area contributed by atoms with Crippen LogP contribution in [0.4, 0.5) is 0 Å². The van der Waals surface area contributed by atoms with Crippen molar-refractivity contribution < 1.29 is 18.9 Å². The van der Waals surface area contributed by atoms with Crippen LogP contribution in [0.3, 0.4) is 0 Å². The molecule has 0 heterocycles. The van der Waals surface area contributed by atoms with Crippen molar-refractivity contribution in [2.45, 2.75) is 32.2 Å². The molecular formula is C14H28N2O4. The van der Waals surface area contributed by atoms with Crippen LogP contribution in [0.25, 0.3) is 0 Å². The first-order chi connectivity index (χ1) is 9.81. The summed E-state index contributed by atoms with van der Waals surface area (Å²) in [6.07, 6.45) is 2.80. The number of hydrogen-bond donors (Lipinski definition) is 1. The van der Waals surface area contributed by atoms with Gasteiger partial charge in [0.15, 0.2) is 0 Å². The average molecular weight is 288 g/mol. The summed E-state index contributed by atoms with van der Waals surface area (Å²) in [5, 5.41) is 8.46. The lowest BCUT2D eigenvalue weighted by Gasteiger charge is -2.07. The summed E-state index contributed by atoms with van der Waals surface area (Å²) in [5.74, 6) is 0. The molecule has 0 spiro atoms. The minimum atomic E-state index is -0.441. The van der Waals surface area contributed by atoms with Crippen molar-refractivity contribution in [2.24, 2.45) is 5.73 Å². The van der Waals surface area contributed by atoms with Gasteiger partial charge in [0, 0.05) is 13.2 Å². The van der Waals surface area contributed by atoms with E-state index in [1.165, 1.54) is 0 Å². The van der Waals surface area contributed by atoms with Crippen molar-refractivity contribution in [3.8, 4) is 6.07 Å². The van der Waals surface area contributed by atoms with Crippen molar-refractivity contribution in [1.29, 1.82) is 5.26 Å². The zero-order chi connectivity index (χ0) is 14.9. The molecule has 0 bridgehead atoms. The first-order valence-electron chi connectivity index (χ1n) is 7.27. The van der Waals surface area contributed by atoms with Gasteiger partial charge < -0.3 is 24.7 Å². The normalized spacial score (nSPS) is 12.2. The molecule has 6 heteroatoms. The molecule has 0 aromatic heterocycles. The lowest BCUT2D eigenvalue weighted by molar-refractivity contribution is -0.00236. The van der Waals surface area contributed by atoms with Crippen LogP contribution in [0.15, 0.2) is 0 Å². The van der Waals surface area contributed by atoms with Gasteiger partial charge in [0.2, 0.25) is 0 Å². The molecule has 1 unspecified atom stereocenters. The predicted octanol–water partition coefficient (Wildman–Crippen LogP) is 1.09. The largest absolute Gasteiger partial charge is 0.379 e. The zero-order valence-corrected chi connectivity index (χ0v) is 12.5. The van der Waals surface area contributed by atoms with Gasteiger partial charge in [-0.05, 0) is 12.8 Å². The van der Waals surface area contributed by atoms with Gasteiger partial charge in [-0.1, -0.05) is 13.3 Å². The van der Waals surface area contributed by atoms with Gasteiger partial charge in [-0.15, -0.1) is 0 Å². The van der Waals surface area contributed by atoms with Crippen LogP contribution in [-0.2, 0) is 18.9 Å². The third-order valence-electron chi connectivity index (χ3n) is 2.50. The van der Waals surface area contributed by atoms with Crippen LogP contribution in [-0.4, -0.2) is 58.9 Å². The van der Waals surface area contributed by atoms with Crippen LogP contribution in [0.1, 0.15) is 26.2 Å². The molecule has 0 radical (unpaired) electrons. The van der Waals surface area contributed by atoms with Crippen LogP contribution in [0.2, 0.25) is 0 Å². The van der Waals surface area contributed by atoms with Crippen LogP contribution < -0.4 is 5.73 Å². The lowest BCUT2D eigenvalue weighted by atomic mass is 10.3. The van der Waals surface area contributed by atoms with Crippen LogP contribution >= 0.6 is 0 Å². The third-order valence-corrected chi connectivity index (χ3v) is 2.50. The Balaban J connectivity index is 2.98. The summed E-state index contributed by atoms with van der Waals surface area (Å²) in [7, 11) is 0. The molecule has 0 aliphatic carbocycles. The standard InChI is InChI=1S/C14H28N2O4/c1-2-3-5-17-7-9-19-11-12-20-10-8-18-6-4-14(16)13-15/h14H,2-12,16H2,1H3. The van der Waals surface area contributed by atoms with E-state index in [9.17, 15) is 0 Å². The summed E-state index contributed by atoms with van der Waals surface area (Å²) in [4.78, 5) is 0. The third kappa shape index (κ3) is 15.3.